The van der Waals surface area contributed by atoms with E-state index in [1.165, 1.54) is 25.0 Å². The number of fused-ring (bicyclic) bond motifs is 1. The van der Waals surface area contributed by atoms with Crippen LogP contribution in [0.25, 0.3) is 10.9 Å². The van der Waals surface area contributed by atoms with Crippen molar-refractivity contribution in [3.63, 3.8) is 0 Å². The number of aromatic amines is 3. The Hall–Kier alpha value is -5.51. The number of nitrogens with one attached hydrogen (secondary N) is 6. The zero-order valence-corrected chi connectivity index (χ0v) is 23.4. The monoisotopic (exact) mass is 607 g/mol. The van der Waals surface area contributed by atoms with E-state index in [-0.39, 0.29) is 25.7 Å². The molecule has 4 unspecified atom stereocenters. The van der Waals surface area contributed by atoms with Gasteiger partial charge in [0.25, 0.3) is 0 Å². The average Bonchev–Trinajstić information content (AvgIpc) is 3.77. The van der Waals surface area contributed by atoms with Gasteiger partial charge < -0.3 is 46.8 Å². The number of nitrogens with two attached hydrogens (primary N) is 1. The van der Waals surface area contributed by atoms with Crippen molar-refractivity contribution >= 4 is 40.6 Å². The summed E-state index contributed by atoms with van der Waals surface area (Å²) in [6.45, 7) is 0. The molecule has 4 atom stereocenters. The van der Waals surface area contributed by atoms with Crippen molar-refractivity contribution in [1.29, 1.82) is 0 Å². The standard InChI is InChI=1S/C28H33N9O7/c29-19(8-16-11-30-13-33-16)25(40)36-23(9-17-12-31-14-34-17)27(42)37-22(7-15-10-32-20-4-2-1-3-18(15)20)26(41)35-21(28(43)44)5-6-24(38)39/h1-4,10-14,19,21-23,32H,5-9,29H2,(H,30,33)(H,31,34)(H,35,41)(H,36,40)(H,37,42)(H,38,39)(H,43,44). The molecule has 0 radical (unpaired) electrons. The molecule has 0 bridgehead atoms. The summed E-state index contributed by atoms with van der Waals surface area (Å²) in [5, 5.41) is 27.0. The number of carboxylic acid groups (broad SMARTS) is 2. The van der Waals surface area contributed by atoms with Gasteiger partial charge in [0.15, 0.2) is 0 Å². The number of hydrogen-bond acceptors (Lipinski definition) is 8. The lowest BCUT2D eigenvalue weighted by Crippen LogP contribution is -2.58. The molecule has 10 N–H and O–H groups in total. The van der Waals surface area contributed by atoms with Crippen LogP contribution in [0.5, 0.6) is 0 Å². The first-order chi connectivity index (χ1) is 21.1. The summed E-state index contributed by atoms with van der Waals surface area (Å²) in [5.74, 6) is -4.86. The molecule has 44 heavy (non-hydrogen) atoms. The van der Waals surface area contributed by atoms with Gasteiger partial charge in [-0.3, -0.25) is 19.2 Å². The minimum atomic E-state index is -1.51. The van der Waals surface area contributed by atoms with Gasteiger partial charge in [-0.05, 0) is 18.1 Å². The lowest BCUT2D eigenvalue weighted by atomic mass is 10.0. The summed E-state index contributed by atoms with van der Waals surface area (Å²) < 4.78 is 0. The van der Waals surface area contributed by atoms with Crippen molar-refractivity contribution in [2.45, 2.75) is 56.3 Å². The number of H-pyrrole nitrogens is 3. The van der Waals surface area contributed by atoms with Gasteiger partial charge in [-0.25, -0.2) is 14.8 Å². The number of benzene rings is 1. The molecule has 0 spiro atoms. The number of amides is 3. The number of rotatable bonds is 16. The normalized spacial score (nSPS) is 13.8. The second-order valence-corrected chi connectivity index (χ2v) is 10.2. The number of imidazole rings is 2. The first-order valence-corrected chi connectivity index (χ1v) is 13.7. The number of carboxylic acids is 2. The Morgan fingerprint density at radius 3 is 1.98 bits per heavy atom. The lowest BCUT2D eigenvalue weighted by Gasteiger charge is -2.25. The first kappa shape index (κ1) is 31.4. The Kier molecular flexibility index (Phi) is 10.4. The Morgan fingerprint density at radius 1 is 0.773 bits per heavy atom. The van der Waals surface area contributed by atoms with Crippen LogP contribution in [-0.4, -0.2) is 89.0 Å². The molecule has 4 aromatic rings. The molecule has 16 nitrogen and oxygen atoms in total. The molecule has 4 rings (SSSR count). The van der Waals surface area contributed by atoms with Gasteiger partial charge in [0.05, 0.1) is 18.7 Å². The second-order valence-electron chi connectivity index (χ2n) is 10.2. The van der Waals surface area contributed by atoms with Gasteiger partial charge in [-0.15, -0.1) is 0 Å². The third-order valence-corrected chi connectivity index (χ3v) is 6.94. The van der Waals surface area contributed by atoms with Gasteiger partial charge >= 0.3 is 11.9 Å². The van der Waals surface area contributed by atoms with Gasteiger partial charge in [0.2, 0.25) is 17.7 Å². The fourth-order valence-electron chi connectivity index (χ4n) is 4.63. The van der Waals surface area contributed by atoms with E-state index in [2.05, 4.69) is 40.9 Å². The molecule has 3 heterocycles. The molecular weight excluding hydrogens is 574 g/mol. The van der Waals surface area contributed by atoms with Crippen molar-refractivity contribution < 1.29 is 34.2 Å². The van der Waals surface area contributed by atoms with Crippen molar-refractivity contribution in [3.05, 3.63) is 72.5 Å². The summed E-state index contributed by atoms with van der Waals surface area (Å²) in [6, 6.07) is 2.26. The van der Waals surface area contributed by atoms with E-state index < -0.39 is 60.2 Å². The summed E-state index contributed by atoms with van der Waals surface area (Å²) >= 11 is 0. The third kappa shape index (κ3) is 8.51. The summed E-state index contributed by atoms with van der Waals surface area (Å²) in [6.07, 6.45) is 6.74. The molecule has 0 aliphatic rings. The van der Waals surface area contributed by atoms with Crippen LogP contribution in [0.2, 0.25) is 0 Å². The van der Waals surface area contributed by atoms with Crippen LogP contribution in [0, 0.1) is 0 Å². The molecule has 0 aliphatic heterocycles. The molecule has 0 saturated carbocycles. The maximum atomic E-state index is 13.7. The van der Waals surface area contributed by atoms with Crippen molar-refractivity contribution in [2.75, 3.05) is 0 Å². The Morgan fingerprint density at radius 2 is 1.36 bits per heavy atom. The summed E-state index contributed by atoms with van der Waals surface area (Å²) in [4.78, 5) is 79.7. The molecule has 3 aromatic heterocycles. The highest BCUT2D eigenvalue weighted by Crippen LogP contribution is 2.19. The van der Waals surface area contributed by atoms with Gasteiger partial charge in [-0.2, -0.15) is 0 Å². The van der Waals surface area contributed by atoms with Crippen LogP contribution < -0.4 is 21.7 Å². The zero-order valence-electron chi connectivity index (χ0n) is 23.4. The number of carbonyl (C=O) groups excluding carboxylic acids is 3. The fourth-order valence-corrected chi connectivity index (χ4v) is 4.63. The lowest BCUT2D eigenvalue weighted by molar-refractivity contribution is -0.143. The SMILES string of the molecule is NC(Cc1cnc[nH]1)C(=O)NC(Cc1cnc[nH]1)C(=O)NC(Cc1c[nH]c2ccccc12)C(=O)NC(CCC(=O)O)C(=O)O. The Bertz CT molecular complexity index is 1580. The summed E-state index contributed by atoms with van der Waals surface area (Å²) in [7, 11) is 0. The molecule has 3 amide bonds. The van der Waals surface area contributed by atoms with Crippen molar-refractivity contribution in [1.82, 2.24) is 40.9 Å². The van der Waals surface area contributed by atoms with Crippen LogP contribution in [0.3, 0.4) is 0 Å². The van der Waals surface area contributed by atoms with Gasteiger partial charge in [-0.1, -0.05) is 18.2 Å². The van der Waals surface area contributed by atoms with E-state index in [0.29, 0.717) is 17.0 Å². The molecule has 0 aliphatic carbocycles. The molecule has 232 valence electrons. The smallest absolute Gasteiger partial charge is 0.326 e. The molecular formula is C28H33N9O7. The number of carbonyl (C=O) groups is 5. The van der Waals surface area contributed by atoms with Gasteiger partial charge in [0.1, 0.15) is 18.1 Å². The van der Waals surface area contributed by atoms with E-state index >= 15 is 0 Å². The first-order valence-electron chi connectivity index (χ1n) is 13.7. The maximum absolute atomic E-state index is 13.7. The highest BCUT2D eigenvalue weighted by Gasteiger charge is 2.31. The predicted octanol–water partition coefficient (Wildman–Crippen LogP) is -0.627. The topological polar surface area (TPSA) is 261 Å². The van der Waals surface area contributed by atoms with Gasteiger partial charge in [0, 0.05) is 66.6 Å². The van der Waals surface area contributed by atoms with E-state index in [9.17, 15) is 29.1 Å². The second kappa shape index (κ2) is 14.6. The molecule has 1 aromatic carbocycles. The predicted molar refractivity (Wildman–Crippen MR) is 155 cm³/mol. The van der Waals surface area contributed by atoms with Crippen molar-refractivity contribution in [3.8, 4) is 0 Å². The van der Waals surface area contributed by atoms with Crippen LogP contribution in [-0.2, 0) is 43.2 Å². The number of aliphatic carboxylic acids is 2. The molecule has 0 saturated heterocycles. The van der Waals surface area contributed by atoms with E-state index in [1.54, 1.807) is 6.20 Å². The quantitative estimate of drug-likeness (QED) is 0.0779. The van der Waals surface area contributed by atoms with Crippen LogP contribution in [0.15, 0.2) is 55.5 Å². The minimum absolute atomic E-state index is 0.0217. The molecule has 16 heteroatoms. The number of hydrogen-bond donors (Lipinski definition) is 9. The number of nitrogens with zero attached hydrogens (tertiary/aromatic N) is 2. The van der Waals surface area contributed by atoms with E-state index in [4.69, 9.17) is 10.8 Å². The Balaban J connectivity index is 1.56. The number of para-hydroxylation sites is 1. The van der Waals surface area contributed by atoms with Crippen LogP contribution in [0.4, 0.5) is 0 Å². The minimum Gasteiger partial charge on any atom is -0.481 e. The third-order valence-electron chi connectivity index (χ3n) is 6.94. The van der Waals surface area contributed by atoms with E-state index in [0.717, 1.165) is 10.9 Å². The van der Waals surface area contributed by atoms with E-state index in [1.807, 2.05) is 24.3 Å². The highest BCUT2D eigenvalue weighted by molar-refractivity contribution is 5.95. The fraction of sp³-hybridized carbons (Fsp3) is 0.321. The zero-order chi connectivity index (χ0) is 31.6. The number of aromatic nitrogens is 5. The summed E-state index contributed by atoms with van der Waals surface area (Å²) in [5.41, 5.74) is 8.66. The van der Waals surface area contributed by atoms with Crippen LogP contribution in [0.1, 0.15) is 29.8 Å². The highest BCUT2D eigenvalue weighted by atomic mass is 16.4. The molecule has 0 fully saturated rings. The van der Waals surface area contributed by atoms with Crippen LogP contribution >= 0.6 is 0 Å². The maximum Gasteiger partial charge on any atom is 0.326 e. The Labute approximate surface area is 250 Å². The average molecular weight is 608 g/mol. The largest absolute Gasteiger partial charge is 0.481 e. The van der Waals surface area contributed by atoms with Crippen molar-refractivity contribution in [2.24, 2.45) is 5.73 Å².